The third-order valence-electron chi connectivity index (χ3n) is 16.3. The topological polar surface area (TPSA) is 192 Å². The number of ether oxygens (including phenoxy) is 1. The quantitative estimate of drug-likeness (QED) is 0.0362. The fourth-order valence-corrected chi connectivity index (χ4v) is 12.8. The van der Waals surface area contributed by atoms with Gasteiger partial charge in [0.25, 0.3) is 5.19 Å². The molecule has 4 aliphatic rings. The molecule has 8 rings (SSSR count). The van der Waals surface area contributed by atoms with Gasteiger partial charge in [-0.05, 0) is 142 Å². The maximum Gasteiger partial charge on any atom is 0.310 e. The molecule has 8 atom stereocenters. The van der Waals surface area contributed by atoms with Crippen LogP contribution in [0.1, 0.15) is 152 Å². The molecule has 2 aliphatic heterocycles. The van der Waals surface area contributed by atoms with Gasteiger partial charge in [0.15, 0.2) is 11.6 Å². The molecular weight excluding hydrogens is 1060 g/mol. The number of likely N-dealkylation sites (tertiary alicyclic amines) is 2. The molecule has 2 saturated heterocycles. The monoisotopic (exact) mass is 1140 g/mol. The minimum Gasteiger partial charge on any atom is -0.481 e. The number of amides is 2. The van der Waals surface area contributed by atoms with Crippen molar-refractivity contribution in [3.05, 3.63) is 118 Å². The molecule has 3 heterocycles. The van der Waals surface area contributed by atoms with Gasteiger partial charge in [-0.25, -0.2) is 13.8 Å². The van der Waals surface area contributed by atoms with E-state index in [1.807, 2.05) is 48.6 Å². The first-order valence-corrected chi connectivity index (χ1v) is 29.8. The average molecular weight is 1140 g/mol. The summed E-state index contributed by atoms with van der Waals surface area (Å²) >= 11 is 7.47. The summed E-state index contributed by atoms with van der Waals surface area (Å²) in [5, 5.41) is 31.2. The predicted molar refractivity (Wildman–Crippen MR) is 306 cm³/mol. The Balaban J connectivity index is 0.000000239. The van der Waals surface area contributed by atoms with Crippen molar-refractivity contribution >= 4 is 68.5 Å². The lowest BCUT2D eigenvalue weighted by Crippen LogP contribution is -2.42. The molecule has 0 radical (unpaired) electrons. The second-order valence-corrected chi connectivity index (χ2v) is 24.2. The van der Waals surface area contributed by atoms with E-state index < -0.39 is 47.1 Å². The number of aliphatic hydroxyl groups is 1. The summed E-state index contributed by atoms with van der Waals surface area (Å²) in [6, 6.07) is 13.1. The number of carbonyl (C=O) groups is 6. The van der Waals surface area contributed by atoms with E-state index in [2.05, 4.69) is 18.8 Å². The first kappa shape index (κ1) is 61.8. The minimum absolute atomic E-state index is 0.0541. The Kier molecular flexibility index (Phi) is 21.8. The fraction of sp³-hybridized carbons (Fsp3) is 0.540. The number of hydrogen-bond donors (Lipinski definition) is 3. The van der Waals surface area contributed by atoms with E-state index in [1.165, 1.54) is 58.2 Å². The van der Waals surface area contributed by atoms with Crippen LogP contribution in [0.2, 0.25) is 5.02 Å². The van der Waals surface area contributed by atoms with Gasteiger partial charge in [0.2, 0.25) is 11.8 Å². The molecule has 13 nitrogen and oxygen atoms in total. The molecule has 0 bridgehead atoms. The Bertz CT molecular complexity index is 2890. The number of β-amino-alcohol motifs (C(OH)–C–C–N with tert-alkyl or cyclic N) is 1. The lowest BCUT2D eigenvalue weighted by atomic mass is 9.92. The normalized spacial score (nSPS) is 24.1. The van der Waals surface area contributed by atoms with Gasteiger partial charge in [-0.1, -0.05) is 112 Å². The van der Waals surface area contributed by atoms with E-state index in [0.717, 1.165) is 72.7 Å². The molecule has 3 N–H and O–H groups in total. The number of carboxylic acids is 2. The largest absolute Gasteiger partial charge is 0.481 e. The summed E-state index contributed by atoms with van der Waals surface area (Å²) in [4.78, 5) is 85.5. The van der Waals surface area contributed by atoms with Gasteiger partial charge in [-0.15, -0.1) is 0 Å². The number of aryl methyl sites for hydroxylation is 4. The number of carboxylic acid groups (broad SMARTS) is 2. The molecule has 0 unspecified atom stereocenters. The maximum atomic E-state index is 14.0. The van der Waals surface area contributed by atoms with Crippen LogP contribution in [0.4, 0.5) is 8.78 Å². The third-order valence-corrected chi connectivity index (χ3v) is 17.4. The lowest BCUT2D eigenvalue weighted by molar-refractivity contribution is -0.147. The van der Waals surface area contributed by atoms with Crippen molar-refractivity contribution in [2.45, 2.75) is 180 Å². The highest BCUT2D eigenvalue weighted by Crippen LogP contribution is 2.58. The molecule has 2 saturated carbocycles. The van der Waals surface area contributed by atoms with Crippen molar-refractivity contribution in [3.8, 4) is 5.19 Å². The first-order chi connectivity index (χ1) is 38.2. The predicted octanol–water partition coefficient (Wildman–Crippen LogP) is 12.6. The molecule has 80 heavy (non-hydrogen) atoms. The number of fused-ring (bicyclic) bond motifs is 1. The molecule has 3 aromatic carbocycles. The highest BCUT2D eigenvalue weighted by atomic mass is 35.5. The van der Waals surface area contributed by atoms with Crippen molar-refractivity contribution in [3.63, 3.8) is 0 Å². The summed E-state index contributed by atoms with van der Waals surface area (Å²) in [6.07, 6.45) is 19.3. The SMILES string of the molecule is CCCCCC/C=C\[C@@H]1C[C@]1(CC(=O)[C@@H]1C[C@@H](O)CN1C(=O)CCc1cc(C)cc(F)c1)C(=O)O.CCCCCC/C=C\[C@@H]1C[C@]1(CC(=O)[C@@H]1C[C@@H](Oc2nc3ccc(Cl)cc3s2)CN1C(=O)CCc1cc(C)cc(F)c1)C(=O)O. The van der Waals surface area contributed by atoms with Gasteiger partial charge in [-0.2, -0.15) is 0 Å². The molecule has 1 aromatic heterocycles. The maximum absolute atomic E-state index is 14.0. The summed E-state index contributed by atoms with van der Waals surface area (Å²) < 4.78 is 34.7. The van der Waals surface area contributed by atoms with E-state index in [4.69, 9.17) is 16.3 Å². The van der Waals surface area contributed by atoms with Gasteiger partial charge in [0.1, 0.15) is 17.7 Å². The molecule has 4 fully saturated rings. The Morgan fingerprint density at radius 3 is 1.69 bits per heavy atom. The number of nitrogens with zero attached hydrogens (tertiary/aromatic N) is 3. The number of aliphatic hydroxyl groups excluding tert-OH is 1. The molecule has 17 heteroatoms. The number of halogens is 3. The number of carbonyl (C=O) groups excluding carboxylic acids is 4. The number of unbranched alkanes of at least 4 members (excludes halogenated alkanes) is 8. The first-order valence-electron chi connectivity index (χ1n) is 28.6. The number of allylic oxidation sites excluding steroid dienone is 4. The van der Waals surface area contributed by atoms with E-state index in [9.17, 15) is 52.9 Å². The minimum atomic E-state index is -1.14. The van der Waals surface area contributed by atoms with Gasteiger partial charge >= 0.3 is 11.9 Å². The number of hydrogen-bond acceptors (Lipinski definition) is 10. The molecule has 432 valence electrons. The van der Waals surface area contributed by atoms with Crippen LogP contribution >= 0.6 is 22.9 Å². The van der Waals surface area contributed by atoms with Crippen LogP contribution in [-0.2, 0) is 41.6 Å². The summed E-state index contributed by atoms with van der Waals surface area (Å²) in [5.74, 6) is -4.16. The van der Waals surface area contributed by atoms with E-state index in [0.29, 0.717) is 47.0 Å². The van der Waals surface area contributed by atoms with Crippen molar-refractivity contribution in [1.82, 2.24) is 14.8 Å². The number of ketones is 2. The number of benzene rings is 3. The van der Waals surface area contributed by atoms with Crippen LogP contribution in [0.15, 0.2) is 78.9 Å². The summed E-state index contributed by atoms with van der Waals surface area (Å²) in [5.41, 5.74) is 1.43. The lowest BCUT2D eigenvalue weighted by Gasteiger charge is -2.25. The molecule has 0 spiro atoms. The van der Waals surface area contributed by atoms with Crippen molar-refractivity contribution in [2.75, 3.05) is 13.1 Å². The van der Waals surface area contributed by atoms with Crippen LogP contribution in [0.25, 0.3) is 10.2 Å². The third kappa shape index (κ3) is 16.4. The zero-order valence-electron chi connectivity index (χ0n) is 46.6. The molecule has 4 aromatic rings. The smallest absolute Gasteiger partial charge is 0.310 e. The second-order valence-electron chi connectivity index (χ2n) is 22.7. The Morgan fingerprint density at radius 1 is 0.700 bits per heavy atom. The van der Waals surface area contributed by atoms with Crippen LogP contribution in [0.5, 0.6) is 5.19 Å². The Morgan fingerprint density at radius 2 is 1.20 bits per heavy atom. The molecule has 2 amide bonds. The summed E-state index contributed by atoms with van der Waals surface area (Å²) in [6.45, 7) is 8.13. The zero-order chi connectivity index (χ0) is 57.7. The van der Waals surface area contributed by atoms with Crippen molar-refractivity contribution < 1.29 is 57.6 Å². The van der Waals surface area contributed by atoms with Gasteiger partial charge in [-0.3, -0.25) is 28.8 Å². The molecule has 2 aliphatic carbocycles. The van der Waals surface area contributed by atoms with E-state index in [-0.39, 0.29) is 98.5 Å². The second kappa shape index (κ2) is 28.2. The summed E-state index contributed by atoms with van der Waals surface area (Å²) in [7, 11) is 0. The number of aliphatic carboxylic acids is 2. The average Bonchev–Trinajstić information content (AvgIpc) is 4.05. The van der Waals surface area contributed by atoms with Crippen LogP contribution in [0, 0.1) is 48.1 Å². The van der Waals surface area contributed by atoms with Crippen LogP contribution in [0.3, 0.4) is 0 Å². The standard InChI is InChI=1S/C35H40ClFN2O5S.C28H38FNO5/c1-3-4-5-6-7-8-9-24-19-35(24,33(42)43)20-30(40)29-18-27(44-34-38-28-12-11-25(36)17-31(28)45-34)21-39(29)32(41)13-10-23-14-22(2)15-26(37)16-23;1-3-4-5-6-7-8-9-21-16-28(21,27(34)35)17-25(32)24-15-23(31)18-30(24)26(33)11-10-20-12-19(2)13-22(29)14-20/h8-9,11-12,14-17,24,27,29H,3-7,10,13,18-21H2,1-2H3,(H,42,43);8-9,12-14,21,23-24,31H,3-7,10-11,15-18H2,1-2H3,(H,34,35)/b2*9-8-/t24-,27-,29+,35-;21-,23-,24+,28-/m11/s1. The number of Topliss-reactive ketones (excluding diaryl/α,β-unsaturated/α-hetero) is 2. The zero-order valence-corrected chi connectivity index (χ0v) is 48.2. The van der Waals surface area contributed by atoms with Crippen molar-refractivity contribution in [2.24, 2.45) is 22.7 Å². The van der Waals surface area contributed by atoms with E-state index in [1.54, 1.807) is 19.9 Å². The van der Waals surface area contributed by atoms with Gasteiger partial charge in [0.05, 0.1) is 45.8 Å². The van der Waals surface area contributed by atoms with Crippen LogP contribution in [-0.4, -0.2) is 103 Å². The fourth-order valence-electron chi connectivity index (χ4n) is 11.6. The Hall–Kier alpha value is -5.84. The van der Waals surface area contributed by atoms with Gasteiger partial charge < -0.3 is 29.9 Å². The number of thiazole rings is 1. The van der Waals surface area contributed by atoms with Crippen LogP contribution < -0.4 is 4.74 Å². The van der Waals surface area contributed by atoms with Gasteiger partial charge in [0, 0.05) is 50.1 Å². The van der Waals surface area contributed by atoms with Crippen molar-refractivity contribution in [1.29, 1.82) is 0 Å². The Labute approximate surface area is 477 Å². The highest BCUT2D eigenvalue weighted by molar-refractivity contribution is 7.20. The highest BCUT2D eigenvalue weighted by Gasteiger charge is 2.62. The van der Waals surface area contributed by atoms with E-state index >= 15 is 0 Å². The molecular formula is C63H78ClF2N3O10S. The number of rotatable bonds is 28. The number of aromatic nitrogens is 1.